The Bertz CT molecular complexity index is 783. The van der Waals surface area contributed by atoms with E-state index in [1.165, 1.54) is 4.68 Å². The molecule has 134 valence electrons. The van der Waals surface area contributed by atoms with Gasteiger partial charge in [-0.1, -0.05) is 41.9 Å². The van der Waals surface area contributed by atoms with Crippen molar-refractivity contribution in [2.24, 2.45) is 0 Å². The third kappa shape index (κ3) is 5.25. The van der Waals surface area contributed by atoms with Gasteiger partial charge in [-0.15, -0.1) is 10.2 Å². The van der Waals surface area contributed by atoms with Crippen molar-refractivity contribution in [2.45, 2.75) is 18.5 Å². The van der Waals surface area contributed by atoms with E-state index in [1.807, 2.05) is 6.92 Å². The Balaban J connectivity index is 1.99. The SMILES string of the molecule is CCCNC(=O)NC(=O)CSc1nnc(-c2ccc(Cl)cc2Cl)n1N. The number of urea groups is 1. The largest absolute Gasteiger partial charge is 0.338 e. The zero-order valence-electron chi connectivity index (χ0n) is 13.3. The summed E-state index contributed by atoms with van der Waals surface area (Å²) in [7, 11) is 0. The van der Waals surface area contributed by atoms with Crippen molar-refractivity contribution >= 4 is 46.9 Å². The molecule has 8 nitrogen and oxygen atoms in total. The van der Waals surface area contributed by atoms with E-state index in [0.29, 0.717) is 33.1 Å². The number of benzene rings is 1. The molecule has 0 fully saturated rings. The van der Waals surface area contributed by atoms with E-state index in [0.717, 1.165) is 18.2 Å². The van der Waals surface area contributed by atoms with Crippen molar-refractivity contribution in [3.8, 4) is 11.4 Å². The van der Waals surface area contributed by atoms with Crippen LogP contribution in [0.4, 0.5) is 4.79 Å². The Hall–Kier alpha value is -1.97. The predicted molar refractivity (Wildman–Crippen MR) is 98.2 cm³/mol. The number of nitrogens with one attached hydrogen (secondary N) is 2. The number of imide groups is 1. The fraction of sp³-hybridized carbons (Fsp3) is 0.286. The number of nitrogen functional groups attached to an aromatic ring is 1. The minimum atomic E-state index is -0.532. The normalized spacial score (nSPS) is 10.5. The summed E-state index contributed by atoms with van der Waals surface area (Å²) in [4.78, 5) is 23.2. The molecule has 0 spiro atoms. The molecule has 0 bridgehead atoms. The van der Waals surface area contributed by atoms with Gasteiger partial charge >= 0.3 is 6.03 Å². The monoisotopic (exact) mass is 402 g/mol. The molecule has 0 aliphatic carbocycles. The minimum absolute atomic E-state index is 0.0385. The zero-order chi connectivity index (χ0) is 18.4. The maximum Gasteiger partial charge on any atom is 0.321 e. The molecular formula is C14H16Cl2N6O2S. The van der Waals surface area contributed by atoms with Crippen molar-refractivity contribution in [1.82, 2.24) is 25.5 Å². The van der Waals surface area contributed by atoms with Crippen molar-refractivity contribution in [3.05, 3.63) is 28.2 Å². The van der Waals surface area contributed by atoms with Crippen LogP contribution < -0.4 is 16.5 Å². The van der Waals surface area contributed by atoms with Crippen molar-refractivity contribution in [3.63, 3.8) is 0 Å². The van der Waals surface area contributed by atoms with Gasteiger partial charge in [0.15, 0.2) is 5.82 Å². The van der Waals surface area contributed by atoms with Crippen molar-refractivity contribution in [2.75, 3.05) is 18.1 Å². The smallest absolute Gasteiger partial charge is 0.321 e. The molecule has 3 amide bonds. The Labute approximate surface area is 158 Å². The average Bonchev–Trinajstić information content (AvgIpc) is 2.92. The van der Waals surface area contributed by atoms with Gasteiger partial charge in [0.05, 0.1) is 10.8 Å². The molecule has 0 unspecified atom stereocenters. The summed E-state index contributed by atoms with van der Waals surface area (Å²) in [5.74, 6) is 5.80. The zero-order valence-corrected chi connectivity index (χ0v) is 15.6. The molecule has 2 rings (SSSR count). The van der Waals surface area contributed by atoms with E-state index in [1.54, 1.807) is 18.2 Å². The van der Waals surface area contributed by atoms with E-state index in [9.17, 15) is 9.59 Å². The second kappa shape index (κ2) is 8.93. The van der Waals surface area contributed by atoms with E-state index in [-0.39, 0.29) is 5.75 Å². The van der Waals surface area contributed by atoms with Crippen LogP contribution in [0.1, 0.15) is 13.3 Å². The first-order valence-corrected chi connectivity index (χ1v) is 9.03. The van der Waals surface area contributed by atoms with Gasteiger partial charge < -0.3 is 11.2 Å². The van der Waals surface area contributed by atoms with Gasteiger partial charge in [0.25, 0.3) is 0 Å². The lowest BCUT2D eigenvalue weighted by Gasteiger charge is -2.06. The molecule has 0 radical (unpaired) electrons. The van der Waals surface area contributed by atoms with Crippen molar-refractivity contribution in [1.29, 1.82) is 0 Å². The maximum atomic E-state index is 11.7. The lowest BCUT2D eigenvalue weighted by Crippen LogP contribution is -2.40. The summed E-state index contributed by atoms with van der Waals surface area (Å²) in [6.07, 6.45) is 0.780. The Morgan fingerprint density at radius 1 is 1.32 bits per heavy atom. The van der Waals surface area contributed by atoms with Crippen LogP contribution >= 0.6 is 35.0 Å². The number of nitrogens with zero attached hydrogens (tertiary/aromatic N) is 3. The number of amides is 3. The predicted octanol–water partition coefficient (Wildman–Crippen LogP) is 2.29. The van der Waals surface area contributed by atoms with Crippen molar-refractivity contribution < 1.29 is 9.59 Å². The third-order valence-electron chi connectivity index (χ3n) is 2.96. The standard InChI is InChI=1S/C14H16Cl2N6O2S/c1-2-5-18-13(24)19-11(23)7-25-14-21-20-12(22(14)17)9-4-3-8(15)6-10(9)16/h3-4,6H,2,5,7,17H2,1H3,(H2,18,19,23,24). The highest BCUT2D eigenvalue weighted by Gasteiger charge is 2.16. The Kier molecular flexibility index (Phi) is 6.91. The quantitative estimate of drug-likeness (QED) is 0.504. The molecule has 11 heteroatoms. The number of carbonyl (C=O) groups is 2. The van der Waals surface area contributed by atoms with E-state index < -0.39 is 11.9 Å². The number of nitrogens with two attached hydrogens (primary N) is 1. The third-order valence-corrected chi connectivity index (χ3v) is 4.45. The van der Waals surface area contributed by atoms with Crippen LogP contribution in [0.2, 0.25) is 10.0 Å². The first-order chi connectivity index (χ1) is 11.9. The minimum Gasteiger partial charge on any atom is -0.338 e. The number of halogens is 2. The molecule has 0 saturated carbocycles. The Morgan fingerprint density at radius 3 is 2.76 bits per heavy atom. The van der Waals surface area contributed by atoms with Crippen LogP contribution in [0.3, 0.4) is 0 Å². The highest BCUT2D eigenvalue weighted by molar-refractivity contribution is 7.99. The van der Waals surface area contributed by atoms with Crippen LogP contribution in [0.25, 0.3) is 11.4 Å². The maximum absolute atomic E-state index is 11.7. The second-order valence-corrected chi connectivity index (χ2v) is 6.68. The molecule has 0 aliphatic heterocycles. The first kappa shape index (κ1) is 19.4. The summed E-state index contributed by atoms with van der Waals surface area (Å²) in [6, 6.07) is 4.38. The summed E-state index contributed by atoms with van der Waals surface area (Å²) < 4.78 is 1.23. The molecule has 0 aliphatic rings. The molecule has 0 saturated heterocycles. The van der Waals surface area contributed by atoms with Gasteiger partial charge in [0, 0.05) is 17.1 Å². The summed E-state index contributed by atoms with van der Waals surface area (Å²) in [6.45, 7) is 2.41. The lowest BCUT2D eigenvalue weighted by molar-refractivity contribution is -0.117. The fourth-order valence-corrected chi connectivity index (χ4v) is 2.95. The Morgan fingerprint density at radius 2 is 2.08 bits per heavy atom. The number of hydrogen-bond acceptors (Lipinski definition) is 6. The molecule has 1 aromatic carbocycles. The lowest BCUT2D eigenvalue weighted by atomic mass is 10.2. The van der Waals surface area contributed by atoms with Crippen LogP contribution in [-0.2, 0) is 4.79 Å². The summed E-state index contributed by atoms with van der Waals surface area (Å²) in [5.41, 5.74) is 0.566. The van der Waals surface area contributed by atoms with Gasteiger partial charge in [0.2, 0.25) is 11.1 Å². The average molecular weight is 403 g/mol. The van der Waals surface area contributed by atoms with E-state index in [4.69, 9.17) is 29.0 Å². The molecule has 1 heterocycles. The molecule has 1 aromatic heterocycles. The van der Waals surface area contributed by atoms with Gasteiger partial charge in [-0.05, 0) is 24.6 Å². The number of aromatic nitrogens is 3. The second-order valence-electron chi connectivity index (χ2n) is 4.89. The van der Waals surface area contributed by atoms with E-state index >= 15 is 0 Å². The summed E-state index contributed by atoms with van der Waals surface area (Å²) in [5, 5.41) is 13.9. The number of thioether (sulfide) groups is 1. The van der Waals surface area contributed by atoms with Crippen LogP contribution in [0.15, 0.2) is 23.4 Å². The molecule has 0 atom stereocenters. The highest BCUT2D eigenvalue weighted by Crippen LogP contribution is 2.30. The number of hydrogen-bond donors (Lipinski definition) is 3. The molecule has 2 aromatic rings. The van der Waals surface area contributed by atoms with Crippen LogP contribution in [0.5, 0.6) is 0 Å². The summed E-state index contributed by atoms with van der Waals surface area (Å²) >= 11 is 13.1. The fourth-order valence-electron chi connectivity index (χ4n) is 1.81. The molecular weight excluding hydrogens is 387 g/mol. The van der Waals surface area contributed by atoms with E-state index in [2.05, 4.69) is 20.8 Å². The topological polar surface area (TPSA) is 115 Å². The van der Waals surface area contributed by atoms with Gasteiger partial charge in [0.1, 0.15) is 0 Å². The van der Waals surface area contributed by atoms with Crippen LogP contribution in [-0.4, -0.2) is 39.1 Å². The van der Waals surface area contributed by atoms with Gasteiger partial charge in [-0.2, -0.15) is 0 Å². The highest BCUT2D eigenvalue weighted by atomic mass is 35.5. The molecule has 4 N–H and O–H groups in total. The van der Waals surface area contributed by atoms with Gasteiger partial charge in [-0.3, -0.25) is 10.1 Å². The first-order valence-electron chi connectivity index (χ1n) is 7.28. The number of carbonyl (C=O) groups excluding carboxylic acids is 2. The molecule has 25 heavy (non-hydrogen) atoms. The number of rotatable bonds is 6. The van der Waals surface area contributed by atoms with Gasteiger partial charge in [-0.25, -0.2) is 9.47 Å². The van der Waals surface area contributed by atoms with Crippen LogP contribution in [0, 0.1) is 0 Å².